The molecule has 0 spiro atoms. The lowest BCUT2D eigenvalue weighted by atomic mass is 9.98. The lowest BCUT2D eigenvalue weighted by Crippen LogP contribution is -2.62. The minimum atomic E-state index is -4.96. The first-order chi connectivity index (χ1) is 21.9. The van der Waals surface area contributed by atoms with E-state index in [-0.39, 0.29) is 25.5 Å². The third-order valence-electron chi connectivity index (χ3n) is 7.08. The van der Waals surface area contributed by atoms with E-state index in [2.05, 4.69) is 4.99 Å². The number of benzene rings is 4. The quantitative estimate of drug-likeness (QED) is 0.139. The van der Waals surface area contributed by atoms with Gasteiger partial charge in [-0.25, -0.2) is 4.99 Å². The van der Waals surface area contributed by atoms with E-state index in [1.165, 1.54) is 12.1 Å². The van der Waals surface area contributed by atoms with Crippen molar-refractivity contribution < 1.29 is 42.0 Å². The van der Waals surface area contributed by atoms with Crippen LogP contribution in [0.15, 0.2) is 126 Å². The average Bonchev–Trinajstić information content (AvgIpc) is 3.07. The Morgan fingerprint density at radius 3 is 1.49 bits per heavy atom. The van der Waals surface area contributed by atoms with Gasteiger partial charge in [-0.3, -0.25) is 0 Å². The van der Waals surface area contributed by atoms with Gasteiger partial charge in [-0.1, -0.05) is 109 Å². The number of rotatable bonds is 12. The van der Waals surface area contributed by atoms with E-state index < -0.39 is 49.4 Å². The van der Waals surface area contributed by atoms with Crippen molar-refractivity contribution in [3.63, 3.8) is 0 Å². The summed E-state index contributed by atoms with van der Waals surface area (Å²) in [7, 11) is 0. The molecule has 7 nitrogen and oxygen atoms in total. The standard InChI is InChI=1S/C35H34F3NO6/c36-35(37,38)34(39-28-19-11-4-12-20-28)45-33-32(43-24-27-17-9-3-10-18-27)31(42-23-26-15-7-2-8-16-26)30(29(21-40)44-33)41-22-25-13-5-1-6-14-25/h1-20,29-33,40H,21-24H2/t29?,30-,31?,32?,33+/m1/s1. The summed E-state index contributed by atoms with van der Waals surface area (Å²) in [6, 6.07) is 35.5. The van der Waals surface area contributed by atoms with Crippen LogP contribution in [0.25, 0.3) is 0 Å². The normalized spacial score (nSPS) is 22.2. The highest BCUT2D eigenvalue weighted by Crippen LogP contribution is 2.33. The molecule has 4 aromatic rings. The molecule has 1 aliphatic rings. The van der Waals surface area contributed by atoms with Crippen LogP contribution < -0.4 is 0 Å². The van der Waals surface area contributed by atoms with Crippen molar-refractivity contribution in [1.29, 1.82) is 0 Å². The summed E-state index contributed by atoms with van der Waals surface area (Å²) in [5.74, 6) is -1.52. The lowest BCUT2D eigenvalue weighted by molar-refractivity contribution is -0.314. The van der Waals surface area contributed by atoms with E-state index in [9.17, 15) is 18.3 Å². The SMILES string of the molecule is OCC1O[C@@H](OC(=Nc2ccccc2)C(F)(F)F)C(OCc2ccccc2)C(OCc2ccccc2)[C@@H]1OCc1ccccc1. The van der Waals surface area contributed by atoms with Crippen LogP contribution in [0.4, 0.5) is 18.9 Å². The van der Waals surface area contributed by atoms with E-state index in [1.807, 2.05) is 91.0 Å². The maximum Gasteiger partial charge on any atom is 0.468 e. The number of alkyl halides is 3. The molecule has 5 rings (SSSR count). The fourth-order valence-electron chi connectivity index (χ4n) is 4.87. The molecule has 236 valence electrons. The molecular weight excluding hydrogens is 587 g/mol. The molecule has 1 N–H and O–H groups in total. The Morgan fingerprint density at radius 2 is 1.04 bits per heavy atom. The summed E-state index contributed by atoms with van der Waals surface area (Å²) < 4.78 is 73.4. The van der Waals surface area contributed by atoms with Gasteiger partial charge in [0, 0.05) is 0 Å². The molecule has 0 bridgehead atoms. The molecule has 3 unspecified atom stereocenters. The smallest absolute Gasteiger partial charge is 0.441 e. The summed E-state index contributed by atoms with van der Waals surface area (Å²) in [6.07, 6.45) is -10.9. The van der Waals surface area contributed by atoms with Crippen molar-refractivity contribution in [2.24, 2.45) is 4.99 Å². The molecule has 4 aromatic carbocycles. The number of halogens is 3. The summed E-state index contributed by atoms with van der Waals surface area (Å²) >= 11 is 0. The first-order valence-corrected chi connectivity index (χ1v) is 14.5. The van der Waals surface area contributed by atoms with Gasteiger partial charge >= 0.3 is 6.18 Å². The summed E-state index contributed by atoms with van der Waals surface area (Å²) in [5.41, 5.74) is 2.50. The van der Waals surface area contributed by atoms with Crippen LogP contribution in [-0.4, -0.2) is 54.5 Å². The van der Waals surface area contributed by atoms with Crippen LogP contribution in [-0.2, 0) is 43.5 Å². The molecule has 0 radical (unpaired) electrons. The van der Waals surface area contributed by atoms with Gasteiger partial charge in [0.25, 0.3) is 5.90 Å². The minimum Gasteiger partial charge on any atom is -0.441 e. The Bertz CT molecular complexity index is 1460. The third-order valence-corrected chi connectivity index (χ3v) is 7.08. The van der Waals surface area contributed by atoms with Gasteiger partial charge < -0.3 is 28.8 Å². The number of aliphatic hydroxyl groups excluding tert-OH is 1. The number of aliphatic imine (C=N–C) groups is 1. The first kappa shape index (κ1) is 32.3. The van der Waals surface area contributed by atoms with Gasteiger partial charge in [0.1, 0.15) is 24.4 Å². The molecule has 0 saturated carbocycles. The summed E-state index contributed by atoms with van der Waals surface area (Å²) in [5, 5.41) is 10.4. The maximum atomic E-state index is 14.3. The molecule has 0 aromatic heterocycles. The molecule has 0 aliphatic carbocycles. The van der Waals surface area contributed by atoms with E-state index in [0.29, 0.717) is 0 Å². The van der Waals surface area contributed by atoms with Gasteiger partial charge in [0.2, 0.25) is 6.29 Å². The number of ether oxygens (including phenoxy) is 5. The van der Waals surface area contributed by atoms with Gasteiger partial charge in [0.15, 0.2) is 0 Å². The molecule has 5 atom stereocenters. The van der Waals surface area contributed by atoms with Crippen LogP contribution in [0, 0.1) is 0 Å². The van der Waals surface area contributed by atoms with Crippen LogP contribution in [0.1, 0.15) is 16.7 Å². The van der Waals surface area contributed by atoms with Crippen LogP contribution >= 0.6 is 0 Å². The largest absolute Gasteiger partial charge is 0.468 e. The van der Waals surface area contributed by atoms with Crippen molar-refractivity contribution in [1.82, 2.24) is 0 Å². The topological polar surface area (TPSA) is 78.7 Å². The van der Waals surface area contributed by atoms with E-state index >= 15 is 0 Å². The van der Waals surface area contributed by atoms with Gasteiger partial charge in [-0.05, 0) is 28.8 Å². The summed E-state index contributed by atoms with van der Waals surface area (Å²) in [6.45, 7) is -0.326. The molecule has 10 heteroatoms. The van der Waals surface area contributed by atoms with Crippen molar-refractivity contribution in [2.75, 3.05) is 6.61 Å². The number of hydrogen-bond acceptors (Lipinski definition) is 7. The predicted octanol–water partition coefficient (Wildman–Crippen LogP) is 6.77. The van der Waals surface area contributed by atoms with E-state index in [0.717, 1.165) is 16.7 Å². The van der Waals surface area contributed by atoms with Crippen LogP contribution in [0.3, 0.4) is 0 Å². The van der Waals surface area contributed by atoms with Crippen molar-refractivity contribution in [2.45, 2.75) is 56.7 Å². The second-order valence-corrected chi connectivity index (χ2v) is 10.4. The lowest BCUT2D eigenvalue weighted by Gasteiger charge is -2.45. The van der Waals surface area contributed by atoms with E-state index in [1.54, 1.807) is 18.2 Å². The fourth-order valence-corrected chi connectivity index (χ4v) is 4.87. The number of nitrogens with zero attached hydrogens (tertiary/aromatic N) is 1. The van der Waals surface area contributed by atoms with Gasteiger partial charge in [-0.2, -0.15) is 13.2 Å². The molecule has 1 saturated heterocycles. The van der Waals surface area contributed by atoms with Crippen molar-refractivity contribution >= 4 is 11.6 Å². The first-order valence-electron chi connectivity index (χ1n) is 14.5. The second kappa shape index (κ2) is 15.8. The zero-order valence-electron chi connectivity index (χ0n) is 24.3. The predicted molar refractivity (Wildman–Crippen MR) is 161 cm³/mol. The minimum absolute atomic E-state index is 0.0201. The van der Waals surface area contributed by atoms with Crippen molar-refractivity contribution in [3.05, 3.63) is 138 Å². The van der Waals surface area contributed by atoms with E-state index in [4.69, 9.17) is 23.7 Å². The zero-order valence-corrected chi connectivity index (χ0v) is 24.3. The average molecular weight is 622 g/mol. The highest BCUT2D eigenvalue weighted by molar-refractivity contribution is 5.84. The molecule has 1 aliphatic heterocycles. The Hall–Kier alpha value is -4.06. The van der Waals surface area contributed by atoms with Crippen molar-refractivity contribution in [3.8, 4) is 0 Å². The van der Waals surface area contributed by atoms with Gasteiger partial charge in [0.05, 0.1) is 32.1 Å². The molecule has 0 amide bonds. The Labute approximate surface area is 259 Å². The monoisotopic (exact) mass is 621 g/mol. The molecular formula is C35H34F3NO6. The van der Waals surface area contributed by atoms with Crippen LogP contribution in [0.2, 0.25) is 0 Å². The summed E-state index contributed by atoms with van der Waals surface area (Å²) in [4.78, 5) is 3.74. The Morgan fingerprint density at radius 1 is 0.622 bits per heavy atom. The maximum absolute atomic E-state index is 14.3. The Balaban J connectivity index is 1.50. The Kier molecular flexibility index (Phi) is 11.3. The highest BCUT2D eigenvalue weighted by atomic mass is 19.4. The molecule has 1 heterocycles. The zero-order chi connectivity index (χ0) is 31.5. The molecule has 45 heavy (non-hydrogen) atoms. The third kappa shape index (κ3) is 9.23. The number of aliphatic hydroxyl groups is 1. The highest BCUT2D eigenvalue weighted by Gasteiger charge is 2.52. The second-order valence-electron chi connectivity index (χ2n) is 10.4. The molecule has 1 fully saturated rings. The number of hydrogen-bond donors (Lipinski definition) is 1. The fraction of sp³-hybridized carbons (Fsp3) is 0.286. The van der Waals surface area contributed by atoms with Gasteiger partial charge in [-0.15, -0.1) is 0 Å². The number of para-hydroxylation sites is 1. The van der Waals surface area contributed by atoms with Crippen LogP contribution in [0.5, 0.6) is 0 Å².